The summed E-state index contributed by atoms with van der Waals surface area (Å²) in [5, 5.41) is 10.9. The Morgan fingerprint density at radius 2 is 2.00 bits per heavy atom. The molecule has 0 radical (unpaired) electrons. The van der Waals surface area contributed by atoms with Crippen molar-refractivity contribution >= 4 is 11.8 Å². The topological polar surface area (TPSA) is 29.5 Å². The lowest BCUT2D eigenvalue weighted by atomic mass is 9.72. The van der Waals surface area contributed by atoms with Crippen molar-refractivity contribution in [2.24, 2.45) is 17.8 Å². The highest BCUT2D eigenvalue weighted by Gasteiger charge is 2.43. The van der Waals surface area contributed by atoms with Crippen molar-refractivity contribution in [3.05, 3.63) is 0 Å². The molecule has 1 N–H and O–H groups in total. The summed E-state index contributed by atoms with van der Waals surface area (Å²) in [6.45, 7) is 3.16. The second kappa shape index (κ2) is 7.23. The second-order valence-corrected chi connectivity index (χ2v) is 8.75. The van der Waals surface area contributed by atoms with Gasteiger partial charge in [-0.25, -0.2) is 0 Å². The fourth-order valence-corrected chi connectivity index (χ4v) is 6.21. The highest BCUT2D eigenvalue weighted by Crippen LogP contribution is 2.44. The number of hydrogen-bond donors (Lipinski definition) is 1. The highest BCUT2D eigenvalue weighted by atomic mass is 32.2. The third-order valence-electron chi connectivity index (χ3n) is 6.15. The Balaban J connectivity index is 1.52. The van der Waals surface area contributed by atoms with Crippen LogP contribution in [-0.2, 0) is 4.74 Å². The quantitative estimate of drug-likeness (QED) is 0.841. The molecule has 1 spiro atoms. The maximum absolute atomic E-state index is 10.9. The minimum atomic E-state index is -0.0704. The molecule has 1 aliphatic carbocycles. The van der Waals surface area contributed by atoms with E-state index < -0.39 is 0 Å². The number of hydrogen-bond acceptors (Lipinski definition) is 3. The molecule has 3 rings (SSSR count). The Morgan fingerprint density at radius 3 is 2.67 bits per heavy atom. The van der Waals surface area contributed by atoms with Crippen LogP contribution in [0.1, 0.15) is 64.7 Å². The van der Waals surface area contributed by atoms with Gasteiger partial charge in [0.15, 0.2) is 0 Å². The molecule has 2 heterocycles. The van der Waals surface area contributed by atoms with Gasteiger partial charge in [-0.05, 0) is 55.6 Å². The van der Waals surface area contributed by atoms with Gasteiger partial charge >= 0.3 is 0 Å². The zero-order valence-corrected chi connectivity index (χ0v) is 14.4. The molecule has 1 saturated carbocycles. The summed E-state index contributed by atoms with van der Waals surface area (Å²) in [5.74, 6) is 4.38. The van der Waals surface area contributed by atoms with Crippen LogP contribution in [-0.4, -0.2) is 34.9 Å². The molecule has 0 amide bonds. The summed E-state index contributed by atoms with van der Waals surface area (Å²) in [7, 11) is 0. The fraction of sp³-hybridized carbons (Fsp3) is 1.00. The van der Waals surface area contributed by atoms with Crippen LogP contribution in [0.2, 0.25) is 0 Å². The zero-order valence-electron chi connectivity index (χ0n) is 13.6. The molecular weight excluding hydrogens is 280 g/mol. The maximum atomic E-state index is 10.9. The van der Waals surface area contributed by atoms with Gasteiger partial charge in [0.05, 0.1) is 11.7 Å². The fourth-order valence-electron chi connectivity index (χ4n) is 4.83. The average molecular weight is 313 g/mol. The molecule has 0 aromatic heterocycles. The van der Waals surface area contributed by atoms with E-state index in [0.29, 0.717) is 11.8 Å². The predicted octanol–water partition coefficient (Wildman–Crippen LogP) is 4.26. The molecule has 3 unspecified atom stereocenters. The Labute approximate surface area is 134 Å². The van der Waals surface area contributed by atoms with Gasteiger partial charge in [-0.2, -0.15) is 11.8 Å². The van der Waals surface area contributed by atoms with Gasteiger partial charge in [0.25, 0.3) is 0 Å². The summed E-state index contributed by atoms with van der Waals surface area (Å²) in [6, 6.07) is 0. The molecule has 0 bridgehead atoms. The average Bonchev–Trinajstić information content (AvgIpc) is 2.95. The predicted molar refractivity (Wildman–Crippen MR) is 89.7 cm³/mol. The van der Waals surface area contributed by atoms with Crippen LogP contribution in [0.5, 0.6) is 0 Å². The molecule has 2 nitrogen and oxygen atoms in total. The highest BCUT2D eigenvalue weighted by molar-refractivity contribution is 7.99. The van der Waals surface area contributed by atoms with Crippen LogP contribution < -0.4 is 0 Å². The minimum Gasteiger partial charge on any atom is -0.393 e. The molecule has 3 fully saturated rings. The van der Waals surface area contributed by atoms with E-state index in [9.17, 15) is 5.11 Å². The largest absolute Gasteiger partial charge is 0.393 e. The Bertz CT molecular complexity index is 319. The van der Waals surface area contributed by atoms with Gasteiger partial charge < -0.3 is 9.84 Å². The number of aliphatic hydroxyl groups is 1. The van der Waals surface area contributed by atoms with Crippen molar-refractivity contribution in [1.82, 2.24) is 0 Å². The van der Waals surface area contributed by atoms with Crippen LogP contribution in [0.25, 0.3) is 0 Å². The van der Waals surface area contributed by atoms with Gasteiger partial charge in [-0.15, -0.1) is 0 Å². The summed E-state index contributed by atoms with van der Waals surface area (Å²) in [5.41, 5.74) is 0.119. The summed E-state index contributed by atoms with van der Waals surface area (Å²) < 4.78 is 6.11. The van der Waals surface area contributed by atoms with Crippen molar-refractivity contribution in [2.75, 3.05) is 18.1 Å². The third-order valence-corrected chi connectivity index (χ3v) is 7.38. The van der Waals surface area contributed by atoms with Crippen molar-refractivity contribution in [3.63, 3.8) is 0 Å². The number of thioether (sulfide) groups is 1. The molecule has 21 heavy (non-hydrogen) atoms. The first kappa shape index (κ1) is 16.1. The van der Waals surface area contributed by atoms with Gasteiger partial charge in [0.1, 0.15) is 0 Å². The standard InChI is InChI=1S/C18H32O2S/c1-2-3-14-4-6-15(7-5-14)17(19)16-8-10-20-18(12-16)9-11-21-13-18/h14-17,19H,2-13H2,1H3. The van der Waals surface area contributed by atoms with Gasteiger partial charge in [-0.3, -0.25) is 0 Å². The van der Waals surface area contributed by atoms with Gasteiger partial charge in [0, 0.05) is 12.4 Å². The SMILES string of the molecule is CCCC1CCC(C(O)C2CCOC3(CCSC3)C2)CC1. The summed E-state index contributed by atoms with van der Waals surface area (Å²) in [6.07, 6.45) is 11.2. The van der Waals surface area contributed by atoms with Crippen molar-refractivity contribution in [3.8, 4) is 0 Å². The van der Waals surface area contributed by atoms with Gasteiger partial charge in [-0.1, -0.05) is 32.6 Å². The Morgan fingerprint density at radius 1 is 1.19 bits per heavy atom. The first-order valence-electron chi connectivity index (χ1n) is 9.12. The lowest BCUT2D eigenvalue weighted by Crippen LogP contribution is -2.45. The van der Waals surface area contributed by atoms with E-state index in [4.69, 9.17) is 4.74 Å². The third kappa shape index (κ3) is 3.79. The van der Waals surface area contributed by atoms with E-state index in [1.165, 1.54) is 50.7 Å². The van der Waals surface area contributed by atoms with Crippen LogP contribution in [0.4, 0.5) is 0 Å². The minimum absolute atomic E-state index is 0.0704. The molecule has 0 aromatic rings. The van der Waals surface area contributed by atoms with E-state index in [1.807, 2.05) is 11.8 Å². The van der Waals surface area contributed by atoms with Crippen LogP contribution >= 0.6 is 11.8 Å². The van der Waals surface area contributed by atoms with Gasteiger partial charge in [0.2, 0.25) is 0 Å². The molecule has 2 aliphatic heterocycles. The van der Waals surface area contributed by atoms with Crippen LogP contribution in [0.15, 0.2) is 0 Å². The van der Waals surface area contributed by atoms with E-state index in [2.05, 4.69) is 6.92 Å². The number of aliphatic hydroxyl groups excluding tert-OH is 1. The van der Waals surface area contributed by atoms with E-state index in [-0.39, 0.29) is 11.7 Å². The molecule has 3 aliphatic rings. The summed E-state index contributed by atoms with van der Waals surface area (Å²) in [4.78, 5) is 0. The van der Waals surface area contributed by atoms with Crippen molar-refractivity contribution < 1.29 is 9.84 Å². The Hall–Kier alpha value is 0.270. The molecule has 2 saturated heterocycles. The smallest absolute Gasteiger partial charge is 0.0783 e. The van der Waals surface area contributed by atoms with Crippen LogP contribution in [0.3, 0.4) is 0 Å². The lowest BCUT2D eigenvalue weighted by Gasteiger charge is -2.42. The summed E-state index contributed by atoms with van der Waals surface area (Å²) >= 11 is 2.03. The molecular formula is C18H32O2S. The normalized spacial score (nSPS) is 42.3. The first-order chi connectivity index (χ1) is 10.2. The monoisotopic (exact) mass is 312 g/mol. The molecule has 0 aromatic carbocycles. The zero-order chi connectivity index (χ0) is 14.7. The van der Waals surface area contributed by atoms with E-state index in [1.54, 1.807) is 0 Å². The number of rotatable bonds is 4. The molecule has 122 valence electrons. The van der Waals surface area contributed by atoms with Crippen molar-refractivity contribution in [2.45, 2.75) is 76.4 Å². The Kier molecular flexibility index (Phi) is 5.55. The van der Waals surface area contributed by atoms with Crippen LogP contribution in [0, 0.1) is 17.8 Å². The first-order valence-corrected chi connectivity index (χ1v) is 10.3. The lowest BCUT2D eigenvalue weighted by molar-refractivity contribution is -0.112. The second-order valence-electron chi connectivity index (χ2n) is 7.65. The maximum Gasteiger partial charge on any atom is 0.0783 e. The molecule has 3 heteroatoms. The number of ether oxygens (including phenoxy) is 1. The molecule has 3 atom stereocenters. The van der Waals surface area contributed by atoms with E-state index in [0.717, 1.165) is 31.1 Å². The van der Waals surface area contributed by atoms with E-state index >= 15 is 0 Å². The van der Waals surface area contributed by atoms with Crippen molar-refractivity contribution in [1.29, 1.82) is 0 Å².